The van der Waals surface area contributed by atoms with E-state index in [0.717, 1.165) is 14.2 Å². The predicted molar refractivity (Wildman–Crippen MR) is 116 cm³/mol. The maximum absolute atomic E-state index is 13.7. The van der Waals surface area contributed by atoms with Gasteiger partial charge in [0, 0.05) is 14.2 Å². The first-order chi connectivity index (χ1) is 16.8. The molecule has 0 bridgehead atoms. The average Bonchev–Trinajstić information content (AvgIpc) is 2.74. The number of rotatable bonds is 6. The summed E-state index contributed by atoms with van der Waals surface area (Å²) in [6.07, 6.45) is -18.4. The molecule has 1 heterocycles. The van der Waals surface area contributed by atoms with E-state index in [0.29, 0.717) is 4.57 Å². The maximum atomic E-state index is 13.7. The van der Waals surface area contributed by atoms with Crippen molar-refractivity contribution in [2.45, 2.75) is 31.7 Å². The Hall–Kier alpha value is -2.34. The number of aromatic nitrogens is 2. The Bertz CT molecular complexity index is 1240. The lowest BCUT2D eigenvalue weighted by molar-refractivity contribution is -0.154. The number of halogens is 11. The van der Waals surface area contributed by atoms with Crippen molar-refractivity contribution in [2.75, 3.05) is 18.6 Å². The minimum absolute atomic E-state index is 0.117. The molecule has 0 radical (unpaired) electrons. The smallest absolute Gasteiger partial charge is 0.434 e. The molecular weight excluding hydrogens is 665 g/mol. The monoisotopic (exact) mass is 677 g/mol. The molecule has 18 heteroatoms. The number of anilines is 2. The normalized spacial score (nSPS) is 13.5. The van der Waals surface area contributed by atoms with E-state index in [4.69, 9.17) is 9.47 Å². The number of hydrogen-bond donors (Lipinski definition) is 0. The van der Waals surface area contributed by atoms with Gasteiger partial charge in [0.15, 0.2) is 5.69 Å². The molecule has 0 N–H and O–H groups in total. The molecule has 0 aliphatic carbocycles. The van der Waals surface area contributed by atoms with Gasteiger partial charge >= 0.3 is 24.5 Å². The number of carbonyl (C=O) groups excluding carboxylic acids is 1. The highest BCUT2D eigenvalue weighted by molar-refractivity contribution is 9.11. The number of alkyl halides is 9. The number of carbonyl (C=O) groups is 1. The van der Waals surface area contributed by atoms with Crippen LogP contribution in [0.3, 0.4) is 0 Å². The fraction of sp³-hybridized carbons (Fsp3) is 0.421. The first-order valence-corrected chi connectivity index (χ1v) is 11.2. The maximum Gasteiger partial charge on any atom is 0.434 e. The Kier molecular flexibility index (Phi) is 9.01. The van der Waals surface area contributed by atoms with E-state index < -0.39 is 73.7 Å². The fourth-order valence-corrected chi connectivity index (χ4v) is 4.20. The molecule has 0 amide bonds. The van der Waals surface area contributed by atoms with Crippen LogP contribution in [0.25, 0.3) is 0 Å². The van der Waals surface area contributed by atoms with Crippen molar-refractivity contribution in [3.8, 4) is 0 Å². The molecule has 2 rings (SSSR count). The number of nitrogens with zero attached hydrogens (tertiary/aromatic N) is 3. The quantitative estimate of drug-likeness (QED) is 0.211. The zero-order chi connectivity index (χ0) is 28.7. The van der Waals surface area contributed by atoms with Crippen LogP contribution in [0.2, 0.25) is 0 Å². The van der Waals surface area contributed by atoms with E-state index in [2.05, 4.69) is 36.8 Å². The van der Waals surface area contributed by atoms with Crippen LogP contribution in [-0.4, -0.2) is 35.5 Å². The lowest BCUT2D eigenvalue weighted by atomic mass is 10.1. The van der Waals surface area contributed by atoms with Gasteiger partial charge in [-0.1, -0.05) is 0 Å². The summed E-state index contributed by atoms with van der Waals surface area (Å²) in [6, 6.07) is -0.126. The third-order valence-electron chi connectivity index (χ3n) is 4.59. The Morgan fingerprint density at radius 1 is 1.03 bits per heavy atom. The third-order valence-corrected chi connectivity index (χ3v) is 6.14. The second kappa shape index (κ2) is 10.8. The van der Waals surface area contributed by atoms with Gasteiger partial charge in [-0.3, -0.25) is 14.3 Å². The highest BCUT2D eigenvalue weighted by atomic mass is 79.9. The number of ether oxygens (including phenoxy) is 2. The number of methoxy groups -OCH3 is 1. The van der Waals surface area contributed by atoms with Crippen LogP contribution in [0.4, 0.5) is 51.1 Å². The Morgan fingerprint density at radius 3 is 2.03 bits per heavy atom. The number of esters is 1. The van der Waals surface area contributed by atoms with E-state index in [1.165, 1.54) is 6.92 Å². The van der Waals surface area contributed by atoms with E-state index in [1.807, 2.05) is 0 Å². The highest BCUT2D eigenvalue weighted by Crippen LogP contribution is 2.46. The summed E-state index contributed by atoms with van der Waals surface area (Å²) in [7, 11) is 1.61. The summed E-state index contributed by atoms with van der Waals surface area (Å²) >= 11 is 4.97. The van der Waals surface area contributed by atoms with E-state index in [-0.39, 0.29) is 23.6 Å². The molecule has 0 aliphatic rings. The van der Waals surface area contributed by atoms with Crippen LogP contribution < -0.4 is 10.5 Å². The summed E-state index contributed by atoms with van der Waals surface area (Å²) in [6.45, 7) is 0.941. The summed E-state index contributed by atoms with van der Waals surface area (Å²) in [5, 5.41) is 0. The van der Waals surface area contributed by atoms with E-state index in [1.54, 1.807) is 0 Å². The summed E-state index contributed by atoms with van der Waals surface area (Å²) in [4.78, 5) is 28.6. The van der Waals surface area contributed by atoms with Crippen molar-refractivity contribution in [2.24, 2.45) is 7.05 Å². The minimum Gasteiger partial charge on any atom is -0.463 e. The molecule has 0 saturated heterocycles. The molecule has 0 spiro atoms. The summed E-state index contributed by atoms with van der Waals surface area (Å²) in [5.41, 5.74) is -8.22. The molecule has 0 fully saturated rings. The van der Waals surface area contributed by atoms with Gasteiger partial charge in [0.2, 0.25) is 12.2 Å². The predicted octanol–water partition coefficient (Wildman–Crippen LogP) is 6.04. The lowest BCUT2D eigenvalue weighted by Crippen LogP contribution is -2.44. The first-order valence-electron chi connectivity index (χ1n) is 9.57. The SMILES string of the molecule is CCOC(=O)C(OC)N(c1cc(C(F)(F)F)cc(C(F)(F)F)c1Br)c1nc(C(F)(F)F)c(Br)c(=O)n1C. The third kappa shape index (κ3) is 6.39. The average molecular weight is 679 g/mol. The molecule has 1 aromatic heterocycles. The van der Waals surface area contributed by atoms with Gasteiger partial charge in [-0.15, -0.1) is 0 Å². The first kappa shape index (κ1) is 30.9. The van der Waals surface area contributed by atoms with Crippen molar-refractivity contribution in [1.29, 1.82) is 0 Å². The van der Waals surface area contributed by atoms with Crippen LogP contribution in [0, 0.1) is 0 Å². The molecule has 0 saturated carbocycles. The molecular formula is C19H14Br2F9N3O4. The Labute approximate surface area is 218 Å². The van der Waals surface area contributed by atoms with E-state index in [9.17, 15) is 49.1 Å². The molecule has 206 valence electrons. The Balaban J connectivity index is 3.14. The standard InChI is InChI=1S/C19H14Br2F9N3O4/c1-4-37-15(35)14(36-3)33(16-31-12(19(28,29)30)11(21)13(34)32(16)2)9-6-7(17(22,23)24)5-8(10(9)20)18(25,26)27/h5-6,14H,4H2,1-3H3. The second-order valence-corrected chi connectivity index (χ2v) is 8.58. The zero-order valence-corrected chi connectivity index (χ0v) is 21.7. The van der Waals surface area contributed by atoms with Gasteiger partial charge in [0.1, 0.15) is 4.47 Å². The van der Waals surface area contributed by atoms with Crippen molar-refractivity contribution >= 4 is 49.5 Å². The van der Waals surface area contributed by atoms with Crippen LogP contribution in [0.1, 0.15) is 23.7 Å². The van der Waals surface area contributed by atoms with Crippen molar-refractivity contribution in [3.05, 3.63) is 48.3 Å². The van der Waals surface area contributed by atoms with Gasteiger partial charge in [0.25, 0.3) is 5.56 Å². The molecule has 1 unspecified atom stereocenters. The molecule has 2 aromatic rings. The molecule has 1 atom stereocenters. The molecule has 37 heavy (non-hydrogen) atoms. The minimum atomic E-state index is -5.40. The molecule has 7 nitrogen and oxygen atoms in total. The highest BCUT2D eigenvalue weighted by Gasteiger charge is 2.44. The zero-order valence-electron chi connectivity index (χ0n) is 18.6. The largest absolute Gasteiger partial charge is 0.463 e. The molecule has 0 aliphatic heterocycles. The number of hydrogen-bond acceptors (Lipinski definition) is 6. The van der Waals surface area contributed by atoms with Crippen LogP contribution in [-0.2, 0) is 39.8 Å². The number of benzene rings is 1. The summed E-state index contributed by atoms with van der Waals surface area (Å²) in [5.74, 6) is -2.61. The molecule has 1 aromatic carbocycles. The van der Waals surface area contributed by atoms with Gasteiger partial charge in [0.05, 0.1) is 27.9 Å². The fourth-order valence-electron chi connectivity index (χ4n) is 2.98. The lowest BCUT2D eigenvalue weighted by Gasteiger charge is -2.33. The van der Waals surface area contributed by atoms with Crippen LogP contribution in [0.5, 0.6) is 0 Å². The van der Waals surface area contributed by atoms with E-state index >= 15 is 0 Å². The van der Waals surface area contributed by atoms with Crippen LogP contribution >= 0.6 is 31.9 Å². The Morgan fingerprint density at radius 2 is 1.59 bits per heavy atom. The van der Waals surface area contributed by atoms with Gasteiger partial charge < -0.3 is 9.47 Å². The van der Waals surface area contributed by atoms with Crippen molar-refractivity contribution in [3.63, 3.8) is 0 Å². The van der Waals surface area contributed by atoms with Gasteiger partial charge in [-0.2, -0.15) is 39.5 Å². The van der Waals surface area contributed by atoms with Crippen molar-refractivity contribution < 1.29 is 53.8 Å². The second-order valence-electron chi connectivity index (χ2n) is 7.00. The topological polar surface area (TPSA) is 73.7 Å². The van der Waals surface area contributed by atoms with Crippen molar-refractivity contribution in [1.82, 2.24) is 9.55 Å². The summed E-state index contributed by atoms with van der Waals surface area (Å²) < 4.78 is 130. The van der Waals surface area contributed by atoms with Crippen LogP contribution in [0.15, 0.2) is 25.9 Å². The van der Waals surface area contributed by atoms with Gasteiger partial charge in [-0.05, 0) is 50.9 Å². The van der Waals surface area contributed by atoms with Gasteiger partial charge in [-0.25, -0.2) is 9.78 Å².